The number of rotatable bonds is 8. The van der Waals surface area contributed by atoms with Crippen LogP contribution in [-0.2, 0) is 6.54 Å². The lowest BCUT2D eigenvalue weighted by molar-refractivity contribution is 0.419. The summed E-state index contributed by atoms with van der Waals surface area (Å²) in [5.74, 6) is 0.846. The maximum Gasteiger partial charge on any atom is 0.0208 e. The van der Waals surface area contributed by atoms with Gasteiger partial charge in [-0.05, 0) is 36.9 Å². The zero-order chi connectivity index (χ0) is 12.5. The quantitative estimate of drug-likeness (QED) is 0.706. The van der Waals surface area contributed by atoms with Gasteiger partial charge in [0.15, 0.2) is 0 Å². The van der Waals surface area contributed by atoms with Gasteiger partial charge in [-0.2, -0.15) is 0 Å². The summed E-state index contributed by atoms with van der Waals surface area (Å²) in [5.41, 5.74) is 2.82. The van der Waals surface area contributed by atoms with Crippen LogP contribution in [0.4, 0.5) is 0 Å². The predicted molar refractivity (Wildman–Crippen MR) is 76.2 cm³/mol. The first kappa shape index (κ1) is 14.2. The molecule has 0 amide bonds. The van der Waals surface area contributed by atoms with E-state index >= 15 is 0 Å². The Morgan fingerprint density at radius 3 is 2.59 bits per heavy atom. The lowest BCUT2D eigenvalue weighted by Crippen LogP contribution is -2.22. The highest BCUT2D eigenvalue weighted by Gasteiger charge is 2.05. The second-order valence-corrected chi connectivity index (χ2v) is 4.97. The maximum absolute atomic E-state index is 3.60. The number of hydrogen-bond donors (Lipinski definition) is 1. The van der Waals surface area contributed by atoms with Crippen molar-refractivity contribution in [3.63, 3.8) is 0 Å². The molecule has 1 heteroatoms. The molecule has 1 aromatic rings. The minimum absolute atomic E-state index is 0.846. The summed E-state index contributed by atoms with van der Waals surface area (Å²) in [5, 5.41) is 3.60. The summed E-state index contributed by atoms with van der Waals surface area (Å²) in [6.45, 7) is 8.93. The van der Waals surface area contributed by atoms with E-state index in [0.29, 0.717) is 0 Å². The molecular formula is C16H27N. The van der Waals surface area contributed by atoms with Crippen molar-refractivity contribution in [3.8, 4) is 0 Å². The molecule has 1 unspecified atom stereocenters. The van der Waals surface area contributed by atoms with E-state index in [9.17, 15) is 0 Å². The fourth-order valence-electron chi connectivity index (χ4n) is 2.16. The van der Waals surface area contributed by atoms with Crippen molar-refractivity contribution in [1.82, 2.24) is 5.32 Å². The fourth-order valence-corrected chi connectivity index (χ4v) is 2.16. The highest BCUT2D eigenvalue weighted by molar-refractivity contribution is 5.25. The van der Waals surface area contributed by atoms with Crippen LogP contribution in [0.25, 0.3) is 0 Å². The maximum atomic E-state index is 3.60. The van der Waals surface area contributed by atoms with Gasteiger partial charge in [-0.1, -0.05) is 57.4 Å². The molecule has 0 spiro atoms. The number of aryl methyl sites for hydroxylation is 1. The fraction of sp³-hybridized carbons (Fsp3) is 0.625. The van der Waals surface area contributed by atoms with Crippen LogP contribution in [0.2, 0.25) is 0 Å². The summed E-state index contributed by atoms with van der Waals surface area (Å²) < 4.78 is 0. The topological polar surface area (TPSA) is 12.0 Å². The normalized spacial score (nSPS) is 12.6. The third kappa shape index (κ3) is 5.36. The summed E-state index contributed by atoms with van der Waals surface area (Å²) in [7, 11) is 0. The van der Waals surface area contributed by atoms with Gasteiger partial charge in [-0.25, -0.2) is 0 Å². The molecule has 0 radical (unpaired) electrons. The van der Waals surface area contributed by atoms with Gasteiger partial charge in [0.1, 0.15) is 0 Å². The van der Waals surface area contributed by atoms with E-state index in [4.69, 9.17) is 0 Å². The van der Waals surface area contributed by atoms with Gasteiger partial charge in [0, 0.05) is 6.54 Å². The molecule has 0 bridgehead atoms. The minimum Gasteiger partial charge on any atom is -0.312 e. The Kier molecular flexibility index (Phi) is 6.95. The second kappa shape index (κ2) is 8.30. The van der Waals surface area contributed by atoms with Crippen molar-refractivity contribution < 1.29 is 0 Å². The average Bonchev–Trinajstić information content (AvgIpc) is 2.35. The van der Waals surface area contributed by atoms with E-state index in [1.807, 2.05) is 0 Å². The third-order valence-corrected chi connectivity index (χ3v) is 3.55. The van der Waals surface area contributed by atoms with Crippen LogP contribution >= 0.6 is 0 Å². The summed E-state index contributed by atoms with van der Waals surface area (Å²) in [6.07, 6.45) is 5.34. The largest absolute Gasteiger partial charge is 0.312 e. The molecule has 0 saturated heterocycles. The molecule has 1 nitrogen and oxygen atoms in total. The van der Waals surface area contributed by atoms with Gasteiger partial charge in [-0.3, -0.25) is 0 Å². The van der Waals surface area contributed by atoms with Crippen LogP contribution in [0.15, 0.2) is 24.3 Å². The highest BCUT2D eigenvalue weighted by atomic mass is 14.9. The zero-order valence-corrected chi connectivity index (χ0v) is 11.6. The van der Waals surface area contributed by atoms with Crippen LogP contribution in [0.5, 0.6) is 0 Å². The van der Waals surface area contributed by atoms with Gasteiger partial charge >= 0.3 is 0 Å². The molecule has 1 rings (SSSR count). The molecule has 0 aliphatic rings. The number of nitrogens with one attached hydrogen (secondary N) is 1. The van der Waals surface area contributed by atoms with Crippen molar-refractivity contribution in [1.29, 1.82) is 0 Å². The number of hydrogen-bond acceptors (Lipinski definition) is 1. The third-order valence-electron chi connectivity index (χ3n) is 3.55. The van der Waals surface area contributed by atoms with Gasteiger partial charge in [0.05, 0.1) is 0 Å². The SMILES string of the molecule is CCCCC(CC)CNCc1ccccc1C. The molecule has 1 aromatic carbocycles. The first-order chi connectivity index (χ1) is 8.27. The Balaban J connectivity index is 2.28. The molecule has 1 N–H and O–H groups in total. The highest BCUT2D eigenvalue weighted by Crippen LogP contribution is 2.12. The van der Waals surface area contributed by atoms with Crippen molar-refractivity contribution in [2.24, 2.45) is 5.92 Å². The van der Waals surface area contributed by atoms with Gasteiger partial charge in [0.2, 0.25) is 0 Å². The van der Waals surface area contributed by atoms with Gasteiger partial charge < -0.3 is 5.32 Å². The number of unbranched alkanes of at least 4 members (excludes halogenated alkanes) is 1. The summed E-state index contributed by atoms with van der Waals surface area (Å²) in [4.78, 5) is 0. The van der Waals surface area contributed by atoms with Crippen LogP contribution in [0.3, 0.4) is 0 Å². The summed E-state index contributed by atoms with van der Waals surface area (Å²) in [6, 6.07) is 8.63. The van der Waals surface area contributed by atoms with Crippen molar-refractivity contribution in [3.05, 3.63) is 35.4 Å². The molecule has 0 aliphatic heterocycles. The van der Waals surface area contributed by atoms with Crippen molar-refractivity contribution >= 4 is 0 Å². The molecule has 96 valence electrons. The average molecular weight is 233 g/mol. The van der Waals surface area contributed by atoms with Crippen LogP contribution < -0.4 is 5.32 Å². The smallest absolute Gasteiger partial charge is 0.0208 e. The van der Waals surface area contributed by atoms with E-state index in [-0.39, 0.29) is 0 Å². The molecule has 0 aromatic heterocycles. The van der Waals surface area contributed by atoms with E-state index in [1.165, 1.54) is 36.8 Å². The Bertz CT molecular complexity index is 306. The molecular weight excluding hydrogens is 206 g/mol. The lowest BCUT2D eigenvalue weighted by atomic mass is 9.99. The minimum atomic E-state index is 0.846. The van der Waals surface area contributed by atoms with E-state index in [1.54, 1.807) is 0 Å². The standard InChI is InChI=1S/C16H27N/c1-4-6-10-15(5-2)12-17-13-16-11-8-7-9-14(16)3/h7-9,11,15,17H,4-6,10,12-13H2,1-3H3. The van der Waals surface area contributed by atoms with Gasteiger partial charge in [-0.15, -0.1) is 0 Å². The van der Waals surface area contributed by atoms with E-state index in [0.717, 1.165) is 19.0 Å². The Morgan fingerprint density at radius 2 is 1.94 bits per heavy atom. The summed E-state index contributed by atoms with van der Waals surface area (Å²) >= 11 is 0. The molecule has 0 fully saturated rings. The molecule has 0 saturated carbocycles. The Hall–Kier alpha value is -0.820. The number of benzene rings is 1. The second-order valence-electron chi connectivity index (χ2n) is 4.97. The van der Waals surface area contributed by atoms with Crippen LogP contribution in [-0.4, -0.2) is 6.54 Å². The lowest BCUT2D eigenvalue weighted by Gasteiger charge is -2.15. The van der Waals surface area contributed by atoms with Crippen molar-refractivity contribution in [2.75, 3.05) is 6.54 Å². The van der Waals surface area contributed by atoms with E-state index in [2.05, 4.69) is 50.4 Å². The molecule has 17 heavy (non-hydrogen) atoms. The predicted octanol–water partition coefficient (Wildman–Crippen LogP) is 4.30. The Labute approximate surface area is 107 Å². The Morgan fingerprint density at radius 1 is 1.18 bits per heavy atom. The van der Waals surface area contributed by atoms with Crippen LogP contribution in [0, 0.1) is 12.8 Å². The molecule has 1 atom stereocenters. The monoisotopic (exact) mass is 233 g/mol. The molecule has 0 heterocycles. The first-order valence-electron chi connectivity index (χ1n) is 7.03. The van der Waals surface area contributed by atoms with E-state index < -0.39 is 0 Å². The van der Waals surface area contributed by atoms with Crippen molar-refractivity contribution in [2.45, 2.75) is 53.0 Å². The van der Waals surface area contributed by atoms with Crippen LogP contribution in [0.1, 0.15) is 50.7 Å². The first-order valence-corrected chi connectivity index (χ1v) is 7.03. The van der Waals surface area contributed by atoms with Gasteiger partial charge in [0.25, 0.3) is 0 Å². The zero-order valence-electron chi connectivity index (χ0n) is 11.6. The molecule has 0 aliphatic carbocycles.